The Balaban J connectivity index is 3.59. The van der Waals surface area contributed by atoms with Crippen LogP contribution < -0.4 is 10.0 Å². The van der Waals surface area contributed by atoms with E-state index in [1.165, 1.54) is 0 Å². The Morgan fingerprint density at radius 3 is 2.44 bits per heavy atom. The molecule has 0 fully saturated rings. The van der Waals surface area contributed by atoms with Crippen LogP contribution in [0.2, 0.25) is 0 Å². The summed E-state index contributed by atoms with van der Waals surface area (Å²) in [6.07, 6.45) is -3.93. The Morgan fingerprint density at radius 2 is 1.89 bits per heavy atom. The molecule has 0 aromatic rings. The van der Waals surface area contributed by atoms with Crippen LogP contribution in [-0.4, -0.2) is 53.2 Å². The van der Waals surface area contributed by atoms with Crippen LogP contribution in [0.5, 0.6) is 0 Å². The van der Waals surface area contributed by atoms with Gasteiger partial charge in [-0.15, -0.1) is 0 Å². The second-order valence-electron chi connectivity index (χ2n) is 3.59. The third-order valence-corrected chi connectivity index (χ3v) is 3.32. The average Bonchev–Trinajstić information content (AvgIpc) is 2.22. The Morgan fingerprint density at radius 1 is 1.22 bits per heavy atom. The number of alkyl halides is 3. The largest absolute Gasteiger partial charge is 0.411 e. The van der Waals surface area contributed by atoms with Crippen LogP contribution in [0.15, 0.2) is 0 Å². The molecule has 0 radical (unpaired) electrons. The maximum Gasteiger partial charge on any atom is 0.411 e. The first-order valence-corrected chi connectivity index (χ1v) is 7.24. The van der Waals surface area contributed by atoms with Crippen molar-refractivity contribution in [2.24, 2.45) is 0 Å². The molecule has 0 aromatic carbocycles. The minimum Gasteiger partial charge on any atom is -0.371 e. The Hall–Kier alpha value is -0.380. The molecule has 0 bridgehead atoms. The molecule has 0 heterocycles. The fourth-order valence-electron chi connectivity index (χ4n) is 1.09. The second kappa shape index (κ2) is 8.68. The number of sulfonamides is 1. The van der Waals surface area contributed by atoms with Crippen molar-refractivity contribution in [2.75, 3.05) is 38.6 Å². The summed E-state index contributed by atoms with van der Waals surface area (Å²) in [7, 11) is -3.43. The van der Waals surface area contributed by atoms with Crippen LogP contribution >= 0.6 is 0 Å². The van der Waals surface area contributed by atoms with Crippen molar-refractivity contribution < 1.29 is 26.3 Å². The molecule has 0 amide bonds. The topological polar surface area (TPSA) is 67.4 Å². The van der Waals surface area contributed by atoms with Gasteiger partial charge in [0.25, 0.3) is 0 Å². The summed E-state index contributed by atoms with van der Waals surface area (Å²) in [5.74, 6) is -0.0563. The second-order valence-corrected chi connectivity index (χ2v) is 5.51. The molecule has 9 heteroatoms. The van der Waals surface area contributed by atoms with Gasteiger partial charge in [0.05, 0.1) is 12.4 Å². The summed E-state index contributed by atoms with van der Waals surface area (Å²) < 4.78 is 64.2. The van der Waals surface area contributed by atoms with E-state index < -0.39 is 22.8 Å². The average molecular weight is 292 g/mol. The first kappa shape index (κ1) is 17.6. The van der Waals surface area contributed by atoms with Crippen molar-refractivity contribution >= 4 is 10.0 Å². The summed E-state index contributed by atoms with van der Waals surface area (Å²) in [6, 6.07) is 0. The van der Waals surface area contributed by atoms with Crippen molar-refractivity contribution in [3.63, 3.8) is 0 Å². The van der Waals surface area contributed by atoms with Crippen LogP contribution in [0.1, 0.15) is 13.3 Å². The first-order chi connectivity index (χ1) is 8.27. The van der Waals surface area contributed by atoms with Gasteiger partial charge in [0.2, 0.25) is 10.0 Å². The van der Waals surface area contributed by atoms with E-state index in [1.54, 1.807) is 0 Å². The fourth-order valence-corrected chi connectivity index (χ4v) is 2.16. The van der Waals surface area contributed by atoms with Gasteiger partial charge in [-0.3, -0.25) is 0 Å². The van der Waals surface area contributed by atoms with Gasteiger partial charge in [-0.2, -0.15) is 13.2 Å². The molecule has 5 nitrogen and oxygen atoms in total. The molecular formula is C9H19F3N2O3S. The van der Waals surface area contributed by atoms with Gasteiger partial charge in [0, 0.05) is 6.54 Å². The molecule has 0 aliphatic heterocycles. The van der Waals surface area contributed by atoms with Gasteiger partial charge >= 0.3 is 6.18 Å². The van der Waals surface area contributed by atoms with Gasteiger partial charge in [0.15, 0.2) is 0 Å². The minimum absolute atomic E-state index is 0.0563. The Labute approximate surface area is 105 Å². The van der Waals surface area contributed by atoms with Gasteiger partial charge in [-0.05, 0) is 19.5 Å². The highest BCUT2D eigenvalue weighted by molar-refractivity contribution is 7.89. The van der Waals surface area contributed by atoms with Gasteiger partial charge < -0.3 is 10.1 Å². The number of hydrogen-bond acceptors (Lipinski definition) is 4. The van der Waals surface area contributed by atoms with Crippen molar-refractivity contribution in [2.45, 2.75) is 19.5 Å². The Bertz CT molecular complexity index is 307. The summed E-state index contributed by atoms with van der Waals surface area (Å²) >= 11 is 0. The van der Waals surface area contributed by atoms with Crippen LogP contribution in [0.4, 0.5) is 13.2 Å². The van der Waals surface area contributed by atoms with Crippen LogP contribution in [0, 0.1) is 0 Å². The summed E-state index contributed by atoms with van der Waals surface area (Å²) in [5, 5.41) is 2.97. The molecule has 18 heavy (non-hydrogen) atoms. The lowest BCUT2D eigenvalue weighted by Gasteiger charge is -2.09. The van der Waals surface area contributed by atoms with E-state index in [2.05, 4.69) is 14.8 Å². The molecule has 0 saturated carbocycles. The normalized spacial score (nSPS) is 12.9. The molecule has 0 aliphatic carbocycles. The standard InChI is InChI=1S/C9H19F3N2O3S/c1-2-13-4-3-7-18(15,16)14-5-6-17-8-9(10,11)12/h13-14H,2-8H2,1H3. The van der Waals surface area contributed by atoms with E-state index in [0.29, 0.717) is 13.0 Å². The van der Waals surface area contributed by atoms with Crippen LogP contribution in [0.25, 0.3) is 0 Å². The van der Waals surface area contributed by atoms with Crippen molar-refractivity contribution in [3.8, 4) is 0 Å². The smallest absolute Gasteiger partial charge is 0.371 e. The summed E-state index contributed by atoms with van der Waals surface area (Å²) in [4.78, 5) is 0. The van der Waals surface area contributed by atoms with Crippen LogP contribution in [-0.2, 0) is 14.8 Å². The zero-order chi connectivity index (χ0) is 14.1. The fraction of sp³-hybridized carbons (Fsp3) is 1.00. The highest BCUT2D eigenvalue weighted by atomic mass is 32.2. The molecule has 0 unspecified atom stereocenters. The minimum atomic E-state index is -4.38. The van der Waals surface area contributed by atoms with Crippen molar-refractivity contribution in [1.82, 2.24) is 10.0 Å². The quantitative estimate of drug-likeness (QED) is 0.575. The highest BCUT2D eigenvalue weighted by Gasteiger charge is 2.27. The maximum atomic E-state index is 11.7. The molecule has 0 aliphatic rings. The number of ether oxygens (including phenoxy) is 1. The van der Waals surface area contributed by atoms with Crippen LogP contribution in [0.3, 0.4) is 0 Å². The van der Waals surface area contributed by atoms with Gasteiger partial charge in [-0.1, -0.05) is 6.92 Å². The van der Waals surface area contributed by atoms with E-state index in [4.69, 9.17) is 0 Å². The van der Waals surface area contributed by atoms with Crippen molar-refractivity contribution in [1.29, 1.82) is 0 Å². The number of halogens is 3. The van der Waals surface area contributed by atoms with Gasteiger partial charge in [-0.25, -0.2) is 13.1 Å². The lowest BCUT2D eigenvalue weighted by Crippen LogP contribution is -2.31. The van der Waals surface area contributed by atoms with E-state index >= 15 is 0 Å². The van der Waals surface area contributed by atoms with E-state index in [0.717, 1.165) is 6.54 Å². The van der Waals surface area contributed by atoms with Gasteiger partial charge in [0.1, 0.15) is 6.61 Å². The summed E-state index contributed by atoms with van der Waals surface area (Å²) in [5.41, 5.74) is 0. The predicted octanol–water partition coefficient (Wildman–Crippen LogP) is 0.484. The molecular weight excluding hydrogens is 273 g/mol. The molecule has 0 aromatic heterocycles. The molecule has 0 rings (SSSR count). The first-order valence-electron chi connectivity index (χ1n) is 5.59. The molecule has 0 saturated heterocycles. The lowest BCUT2D eigenvalue weighted by atomic mass is 10.5. The number of rotatable bonds is 10. The molecule has 2 N–H and O–H groups in total. The van der Waals surface area contributed by atoms with E-state index in [-0.39, 0.29) is 18.9 Å². The van der Waals surface area contributed by atoms with E-state index in [9.17, 15) is 21.6 Å². The highest BCUT2D eigenvalue weighted by Crippen LogP contribution is 2.13. The third-order valence-electron chi connectivity index (χ3n) is 1.85. The van der Waals surface area contributed by atoms with E-state index in [1.807, 2.05) is 6.92 Å². The monoisotopic (exact) mass is 292 g/mol. The predicted molar refractivity (Wildman–Crippen MR) is 61.8 cm³/mol. The zero-order valence-corrected chi connectivity index (χ0v) is 11.0. The molecule has 0 atom stereocenters. The Kier molecular flexibility index (Phi) is 8.49. The maximum absolute atomic E-state index is 11.7. The number of hydrogen-bond donors (Lipinski definition) is 2. The molecule has 0 spiro atoms. The number of nitrogens with one attached hydrogen (secondary N) is 2. The third kappa shape index (κ3) is 12.1. The lowest BCUT2D eigenvalue weighted by molar-refractivity contribution is -0.173. The SMILES string of the molecule is CCNCCCS(=O)(=O)NCCOCC(F)(F)F. The summed E-state index contributed by atoms with van der Waals surface area (Å²) in [6.45, 7) is 1.44. The van der Waals surface area contributed by atoms with Crippen molar-refractivity contribution in [3.05, 3.63) is 0 Å². The molecule has 110 valence electrons. The zero-order valence-electron chi connectivity index (χ0n) is 10.2.